The van der Waals surface area contributed by atoms with Gasteiger partial charge in [-0.25, -0.2) is 8.42 Å². The summed E-state index contributed by atoms with van der Waals surface area (Å²) in [5.74, 6) is 0.137. The van der Waals surface area contributed by atoms with Crippen LogP contribution in [0.25, 0.3) is 0 Å². The highest BCUT2D eigenvalue weighted by atomic mass is 32.2. The normalized spacial score (nSPS) is 11.2. The van der Waals surface area contributed by atoms with E-state index < -0.39 is 21.7 Å². The second-order valence-corrected chi connectivity index (χ2v) is 9.75. The topological polar surface area (TPSA) is 120 Å². The molecule has 0 aliphatic rings. The predicted octanol–water partition coefficient (Wildman–Crippen LogP) is 2.62. The number of carbonyl (C=O) groups is 2. The van der Waals surface area contributed by atoms with Crippen molar-refractivity contribution in [2.24, 2.45) is 5.92 Å². The van der Waals surface area contributed by atoms with Crippen LogP contribution in [0.15, 0.2) is 47.4 Å². The number of hydrogen-bond acceptors (Lipinski definition) is 7. The van der Waals surface area contributed by atoms with Crippen molar-refractivity contribution in [3.8, 4) is 11.5 Å². The van der Waals surface area contributed by atoms with Gasteiger partial charge in [0.05, 0.1) is 31.0 Å². The smallest absolute Gasteiger partial charge is 0.269 e. The molecule has 0 unspecified atom stereocenters. The Morgan fingerprint density at radius 3 is 2.06 bits per heavy atom. The fourth-order valence-corrected chi connectivity index (χ4v) is 3.89. The highest BCUT2D eigenvalue weighted by molar-refractivity contribution is 7.91. The molecule has 9 nitrogen and oxygen atoms in total. The van der Waals surface area contributed by atoms with Crippen LogP contribution in [0.2, 0.25) is 0 Å². The van der Waals surface area contributed by atoms with Gasteiger partial charge in [0.2, 0.25) is 0 Å². The number of nitrogens with one attached hydrogen (secondary N) is 2. The van der Waals surface area contributed by atoms with E-state index in [9.17, 15) is 18.0 Å². The van der Waals surface area contributed by atoms with E-state index in [1.807, 2.05) is 0 Å². The van der Waals surface area contributed by atoms with Crippen LogP contribution in [0, 0.1) is 5.92 Å². The summed E-state index contributed by atoms with van der Waals surface area (Å²) in [4.78, 5) is 24.8. The van der Waals surface area contributed by atoms with E-state index in [1.165, 1.54) is 44.6 Å². The van der Waals surface area contributed by atoms with Crippen molar-refractivity contribution < 1.29 is 32.2 Å². The maximum atomic E-state index is 12.4. The second kappa shape index (κ2) is 12.2. The third kappa shape index (κ3) is 7.76. The van der Waals surface area contributed by atoms with Crippen LogP contribution >= 0.6 is 0 Å². The van der Waals surface area contributed by atoms with E-state index in [1.54, 1.807) is 12.1 Å². The van der Waals surface area contributed by atoms with Crippen LogP contribution < -0.4 is 20.3 Å². The molecular weight excluding hydrogens is 448 g/mol. The number of methoxy groups -OCH3 is 2. The van der Waals surface area contributed by atoms with Crippen molar-refractivity contribution in [3.63, 3.8) is 0 Å². The molecule has 0 heterocycles. The first-order valence-corrected chi connectivity index (χ1v) is 12.1. The highest BCUT2D eigenvalue weighted by Crippen LogP contribution is 2.28. The summed E-state index contributed by atoms with van der Waals surface area (Å²) < 4.78 is 40.1. The standard InChI is InChI=1S/C23H30N2O7S/c1-16(2)11-12-32-20-10-7-18(15-21(20)31-4)23(27)25-24-22(26)17-5-8-19(9-6-17)33(28,29)14-13-30-3/h5-10,15-16H,11-14H2,1-4H3,(H,24,26)(H,25,27). The van der Waals surface area contributed by atoms with Crippen LogP contribution in [-0.4, -0.2) is 53.4 Å². The summed E-state index contributed by atoms with van der Waals surface area (Å²) >= 11 is 0. The minimum Gasteiger partial charge on any atom is -0.493 e. The van der Waals surface area contributed by atoms with E-state index >= 15 is 0 Å². The van der Waals surface area contributed by atoms with Crippen LogP contribution in [0.1, 0.15) is 41.0 Å². The first kappa shape index (κ1) is 26.1. The molecule has 0 radical (unpaired) electrons. The Balaban J connectivity index is 1.97. The number of carbonyl (C=O) groups excluding carboxylic acids is 2. The lowest BCUT2D eigenvalue weighted by Gasteiger charge is -2.13. The van der Waals surface area contributed by atoms with E-state index in [0.29, 0.717) is 24.0 Å². The van der Waals surface area contributed by atoms with Crippen LogP contribution in [0.4, 0.5) is 0 Å². The van der Waals surface area contributed by atoms with Gasteiger partial charge in [-0.1, -0.05) is 13.8 Å². The lowest BCUT2D eigenvalue weighted by atomic mass is 10.1. The maximum absolute atomic E-state index is 12.4. The zero-order valence-electron chi connectivity index (χ0n) is 19.2. The Kier molecular flexibility index (Phi) is 9.68. The van der Waals surface area contributed by atoms with E-state index in [4.69, 9.17) is 14.2 Å². The van der Waals surface area contributed by atoms with Crippen molar-refractivity contribution in [2.45, 2.75) is 25.2 Å². The van der Waals surface area contributed by atoms with Gasteiger partial charge in [0.25, 0.3) is 11.8 Å². The Morgan fingerprint density at radius 1 is 0.879 bits per heavy atom. The number of rotatable bonds is 11. The highest BCUT2D eigenvalue weighted by Gasteiger charge is 2.16. The van der Waals surface area contributed by atoms with E-state index in [2.05, 4.69) is 24.7 Å². The molecule has 0 atom stereocenters. The Labute approximate surface area is 194 Å². The van der Waals surface area contributed by atoms with Gasteiger partial charge >= 0.3 is 0 Å². The van der Waals surface area contributed by atoms with Gasteiger partial charge in [-0.15, -0.1) is 0 Å². The summed E-state index contributed by atoms with van der Waals surface area (Å²) in [6.45, 7) is 4.80. The van der Waals surface area contributed by atoms with Gasteiger partial charge in [0.15, 0.2) is 21.3 Å². The summed E-state index contributed by atoms with van der Waals surface area (Å²) in [7, 11) is -0.596. The molecule has 0 aliphatic heterocycles. The number of hydrogen-bond donors (Lipinski definition) is 2. The molecule has 10 heteroatoms. The van der Waals surface area contributed by atoms with Crippen LogP contribution in [0.3, 0.4) is 0 Å². The fourth-order valence-electron chi connectivity index (χ4n) is 2.72. The first-order valence-electron chi connectivity index (χ1n) is 10.4. The van der Waals surface area contributed by atoms with Gasteiger partial charge in [-0.2, -0.15) is 0 Å². The summed E-state index contributed by atoms with van der Waals surface area (Å²) in [5, 5.41) is 0. The predicted molar refractivity (Wildman–Crippen MR) is 123 cm³/mol. The molecule has 2 N–H and O–H groups in total. The molecule has 2 aromatic carbocycles. The lowest BCUT2D eigenvalue weighted by Crippen LogP contribution is -2.41. The molecule has 0 saturated heterocycles. The fraction of sp³-hybridized carbons (Fsp3) is 0.391. The molecule has 33 heavy (non-hydrogen) atoms. The van der Waals surface area contributed by atoms with Gasteiger partial charge in [-0.05, 0) is 54.8 Å². The summed E-state index contributed by atoms with van der Waals surface area (Å²) in [6, 6.07) is 10.1. The zero-order valence-corrected chi connectivity index (χ0v) is 20.0. The average molecular weight is 479 g/mol. The zero-order chi connectivity index (χ0) is 24.4. The van der Waals surface area contributed by atoms with Gasteiger partial charge in [0.1, 0.15) is 0 Å². The summed E-state index contributed by atoms with van der Waals surface area (Å²) in [5.41, 5.74) is 5.09. The minimum atomic E-state index is -3.50. The number of hydrazine groups is 1. The van der Waals surface area contributed by atoms with Crippen LogP contribution in [-0.2, 0) is 14.6 Å². The van der Waals surface area contributed by atoms with Crippen molar-refractivity contribution in [1.82, 2.24) is 10.9 Å². The Bertz CT molecular complexity index is 1050. The molecule has 180 valence electrons. The van der Waals surface area contributed by atoms with Crippen molar-refractivity contribution >= 4 is 21.7 Å². The largest absolute Gasteiger partial charge is 0.493 e. The third-order valence-electron chi connectivity index (χ3n) is 4.70. The Hall–Kier alpha value is -3.11. The molecule has 2 aromatic rings. The first-order chi connectivity index (χ1) is 15.7. The number of ether oxygens (including phenoxy) is 3. The Morgan fingerprint density at radius 2 is 1.48 bits per heavy atom. The van der Waals surface area contributed by atoms with E-state index in [-0.39, 0.29) is 28.4 Å². The molecule has 0 aromatic heterocycles. The third-order valence-corrected chi connectivity index (χ3v) is 6.39. The minimum absolute atomic E-state index is 0.0758. The van der Waals surface area contributed by atoms with Gasteiger partial charge < -0.3 is 14.2 Å². The molecule has 2 rings (SSSR count). The van der Waals surface area contributed by atoms with Gasteiger partial charge in [0, 0.05) is 18.2 Å². The average Bonchev–Trinajstić information content (AvgIpc) is 2.81. The van der Waals surface area contributed by atoms with Gasteiger partial charge in [-0.3, -0.25) is 20.4 Å². The number of sulfone groups is 1. The van der Waals surface area contributed by atoms with E-state index in [0.717, 1.165) is 6.42 Å². The molecule has 0 fully saturated rings. The SMILES string of the molecule is COCCS(=O)(=O)c1ccc(C(=O)NNC(=O)c2ccc(OCCC(C)C)c(OC)c2)cc1. The molecule has 2 amide bonds. The maximum Gasteiger partial charge on any atom is 0.269 e. The molecule has 0 spiro atoms. The monoisotopic (exact) mass is 478 g/mol. The summed E-state index contributed by atoms with van der Waals surface area (Å²) in [6.07, 6.45) is 0.886. The molecule has 0 bridgehead atoms. The molecular formula is C23H30N2O7S. The van der Waals surface area contributed by atoms with Crippen LogP contribution in [0.5, 0.6) is 11.5 Å². The number of amides is 2. The molecule has 0 aliphatic carbocycles. The quantitative estimate of drug-likeness (QED) is 0.476. The van der Waals surface area contributed by atoms with Crippen molar-refractivity contribution in [2.75, 3.05) is 33.2 Å². The van der Waals surface area contributed by atoms with Crippen molar-refractivity contribution in [3.05, 3.63) is 53.6 Å². The molecule has 0 saturated carbocycles. The van der Waals surface area contributed by atoms with Crippen molar-refractivity contribution in [1.29, 1.82) is 0 Å². The lowest BCUT2D eigenvalue weighted by molar-refractivity contribution is 0.0846. The number of benzene rings is 2. The second-order valence-electron chi connectivity index (χ2n) is 7.64.